The van der Waals surface area contributed by atoms with Crippen molar-refractivity contribution in [3.63, 3.8) is 0 Å². The van der Waals surface area contributed by atoms with E-state index in [9.17, 15) is 5.11 Å². The van der Waals surface area contributed by atoms with Crippen molar-refractivity contribution in [1.82, 2.24) is 10.6 Å². The average molecular weight is 398 g/mol. The number of aliphatic imine (C=N–C) groups is 1. The Labute approximate surface area is 162 Å². The van der Waals surface area contributed by atoms with Crippen molar-refractivity contribution in [2.75, 3.05) is 26.2 Å². The molecule has 1 saturated heterocycles. The fourth-order valence-corrected chi connectivity index (χ4v) is 3.76. The monoisotopic (exact) mass is 397 g/mol. The highest BCUT2D eigenvalue weighted by molar-refractivity contribution is 7.16. The third-order valence-corrected chi connectivity index (χ3v) is 5.44. The van der Waals surface area contributed by atoms with Gasteiger partial charge in [-0.05, 0) is 37.1 Å². The van der Waals surface area contributed by atoms with E-state index in [1.165, 1.54) is 11.3 Å². The number of aliphatic hydroxyl groups is 1. The first-order valence-corrected chi connectivity index (χ1v) is 9.99. The molecule has 8 heteroatoms. The molecular weight excluding hydrogens is 374 g/mol. The molecule has 2 aromatic heterocycles. The van der Waals surface area contributed by atoms with Crippen LogP contribution in [0.25, 0.3) is 0 Å². The van der Waals surface area contributed by atoms with Crippen LogP contribution in [0.1, 0.15) is 29.6 Å². The Morgan fingerprint density at radius 2 is 2.31 bits per heavy atom. The predicted molar refractivity (Wildman–Crippen MR) is 104 cm³/mol. The zero-order chi connectivity index (χ0) is 18.2. The number of hydrogen-bond acceptors (Lipinski definition) is 5. The summed E-state index contributed by atoms with van der Waals surface area (Å²) in [6, 6.07) is 7.44. The third-order valence-electron chi connectivity index (χ3n) is 4.11. The number of hydrogen-bond donors (Lipinski definition) is 3. The molecule has 0 aliphatic carbocycles. The lowest BCUT2D eigenvalue weighted by atomic mass is 10.2. The summed E-state index contributed by atoms with van der Waals surface area (Å²) in [5, 5.41) is 16.9. The minimum Gasteiger partial charge on any atom is -0.469 e. The molecule has 142 valence electrons. The van der Waals surface area contributed by atoms with E-state index in [1.54, 1.807) is 12.3 Å². The van der Waals surface area contributed by atoms with Gasteiger partial charge in [0, 0.05) is 31.0 Å². The predicted octanol–water partition coefficient (Wildman–Crippen LogP) is 2.98. The smallest absolute Gasteiger partial charge is 0.191 e. The lowest BCUT2D eigenvalue weighted by Gasteiger charge is -2.16. The summed E-state index contributed by atoms with van der Waals surface area (Å²) in [5.41, 5.74) is 0. The number of ether oxygens (including phenoxy) is 1. The van der Waals surface area contributed by atoms with Crippen LogP contribution in [0.4, 0.5) is 0 Å². The van der Waals surface area contributed by atoms with Gasteiger partial charge in [0.05, 0.1) is 23.2 Å². The van der Waals surface area contributed by atoms with Crippen LogP contribution in [-0.2, 0) is 11.2 Å². The van der Waals surface area contributed by atoms with Crippen LogP contribution >= 0.6 is 22.9 Å². The van der Waals surface area contributed by atoms with Crippen molar-refractivity contribution in [2.45, 2.75) is 31.5 Å². The molecule has 3 heterocycles. The van der Waals surface area contributed by atoms with Gasteiger partial charge in [0.15, 0.2) is 5.96 Å². The van der Waals surface area contributed by atoms with Crippen LogP contribution in [0.2, 0.25) is 4.34 Å². The van der Waals surface area contributed by atoms with Crippen LogP contribution < -0.4 is 10.6 Å². The largest absolute Gasteiger partial charge is 0.469 e. The van der Waals surface area contributed by atoms with Gasteiger partial charge in [-0.2, -0.15) is 0 Å². The van der Waals surface area contributed by atoms with Gasteiger partial charge in [0.2, 0.25) is 0 Å². The first-order valence-electron chi connectivity index (χ1n) is 8.80. The molecule has 6 nitrogen and oxygen atoms in total. The summed E-state index contributed by atoms with van der Waals surface area (Å²) < 4.78 is 11.6. The first-order chi connectivity index (χ1) is 12.7. The molecule has 3 N–H and O–H groups in total. The Kier molecular flexibility index (Phi) is 7.37. The maximum atomic E-state index is 10.3. The van der Waals surface area contributed by atoms with Crippen molar-refractivity contribution in [2.24, 2.45) is 4.99 Å². The molecule has 2 aromatic rings. The average Bonchev–Trinajstić information content (AvgIpc) is 3.39. The number of guanidine groups is 1. The van der Waals surface area contributed by atoms with Gasteiger partial charge >= 0.3 is 0 Å². The number of rotatable bonds is 8. The van der Waals surface area contributed by atoms with Crippen molar-refractivity contribution in [3.05, 3.63) is 45.5 Å². The molecule has 0 bridgehead atoms. The van der Waals surface area contributed by atoms with E-state index in [0.29, 0.717) is 23.4 Å². The maximum absolute atomic E-state index is 10.3. The van der Waals surface area contributed by atoms with Gasteiger partial charge in [-0.3, -0.25) is 4.99 Å². The maximum Gasteiger partial charge on any atom is 0.191 e. The molecule has 3 rings (SSSR count). The van der Waals surface area contributed by atoms with E-state index in [0.717, 1.165) is 36.5 Å². The van der Waals surface area contributed by atoms with Crippen LogP contribution in [0.15, 0.2) is 39.9 Å². The van der Waals surface area contributed by atoms with Crippen molar-refractivity contribution in [3.8, 4) is 0 Å². The summed E-state index contributed by atoms with van der Waals surface area (Å²) in [6.07, 6.45) is 4.14. The van der Waals surface area contributed by atoms with Crippen LogP contribution in [-0.4, -0.2) is 43.4 Å². The molecule has 2 unspecified atom stereocenters. The zero-order valence-electron chi connectivity index (χ0n) is 14.5. The highest BCUT2D eigenvalue weighted by Gasteiger charge is 2.16. The summed E-state index contributed by atoms with van der Waals surface area (Å²) in [5.74, 6) is 1.58. The second kappa shape index (κ2) is 9.97. The van der Waals surface area contributed by atoms with Gasteiger partial charge in [0.25, 0.3) is 0 Å². The highest BCUT2D eigenvalue weighted by Crippen LogP contribution is 2.26. The summed E-state index contributed by atoms with van der Waals surface area (Å²) >= 11 is 7.30. The second-order valence-electron chi connectivity index (χ2n) is 6.12. The molecule has 0 spiro atoms. The van der Waals surface area contributed by atoms with Gasteiger partial charge in [-0.25, -0.2) is 0 Å². The summed E-state index contributed by atoms with van der Waals surface area (Å²) in [4.78, 5) is 5.32. The SMILES string of the molecule is OC(CN=C(NCCc1ccco1)NCC1CCCO1)c1ccc(Cl)s1. The van der Waals surface area contributed by atoms with Crippen molar-refractivity contribution < 1.29 is 14.3 Å². The van der Waals surface area contributed by atoms with Gasteiger partial charge in [-0.15, -0.1) is 11.3 Å². The Hall–Kier alpha value is -1.54. The van der Waals surface area contributed by atoms with E-state index >= 15 is 0 Å². The fraction of sp³-hybridized carbons (Fsp3) is 0.500. The van der Waals surface area contributed by atoms with Crippen LogP contribution in [0.3, 0.4) is 0 Å². The minimum absolute atomic E-state index is 0.216. The van der Waals surface area contributed by atoms with Crippen LogP contribution in [0.5, 0.6) is 0 Å². The Morgan fingerprint density at radius 3 is 3.00 bits per heavy atom. The molecule has 0 aromatic carbocycles. The number of nitrogens with zero attached hydrogens (tertiary/aromatic N) is 1. The molecule has 0 saturated carbocycles. The van der Waals surface area contributed by atoms with Gasteiger partial charge in [-0.1, -0.05) is 11.6 Å². The van der Waals surface area contributed by atoms with Crippen molar-refractivity contribution in [1.29, 1.82) is 0 Å². The number of furan rings is 1. The Morgan fingerprint density at radius 1 is 1.38 bits per heavy atom. The number of halogens is 1. The first kappa shape index (κ1) is 19.2. The number of nitrogens with one attached hydrogen (secondary N) is 2. The topological polar surface area (TPSA) is 79.0 Å². The number of thiophene rings is 1. The van der Waals surface area contributed by atoms with E-state index in [1.807, 2.05) is 18.2 Å². The lowest BCUT2D eigenvalue weighted by molar-refractivity contribution is 0.113. The highest BCUT2D eigenvalue weighted by atomic mass is 35.5. The quantitative estimate of drug-likeness (QED) is 0.471. The van der Waals surface area contributed by atoms with E-state index in [4.69, 9.17) is 20.8 Å². The number of aliphatic hydroxyl groups excluding tert-OH is 1. The van der Waals surface area contributed by atoms with E-state index in [-0.39, 0.29) is 12.6 Å². The molecule has 1 aliphatic heterocycles. The summed E-state index contributed by atoms with van der Waals surface area (Å²) in [7, 11) is 0. The minimum atomic E-state index is -0.668. The second-order valence-corrected chi connectivity index (χ2v) is 7.87. The third kappa shape index (κ3) is 6.02. The van der Waals surface area contributed by atoms with E-state index in [2.05, 4.69) is 15.6 Å². The summed E-state index contributed by atoms with van der Waals surface area (Å²) in [6.45, 7) is 2.47. The molecule has 0 amide bonds. The molecule has 0 radical (unpaired) electrons. The molecule has 1 aliphatic rings. The zero-order valence-corrected chi connectivity index (χ0v) is 16.1. The molecule has 26 heavy (non-hydrogen) atoms. The Bertz CT molecular complexity index is 684. The van der Waals surface area contributed by atoms with Gasteiger partial charge in [0.1, 0.15) is 11.9 Å². The Balaban J connectivity index is 1.52. The lowest BCUT2D eigenvalue weighted by Crippen LogP contribution is -2.42. The van der Waals surface area contributed by atoms with E-state index < -0.39 is 6.10 Å². The molecular formula is C18H24ClN3O3S. The fourth-order valence-electron chi connectivity index (χ4n) is 2.72. The standard InChI is InChI=1S/C18H24ClN3O3S/c19-17-6-5-16(26-17)15(23)12-22-18(21-11-14-4-2-10-25-14)20-8-7-13-3-1-9-24-13/h1,3,5-6,9,14-15,23H,2,4,7-8,10-12H2,(H2,20,21,22). The van der Waals surface area contributed by atoms with Crippen LogP contribution in [0, 0.1) is 0 Å². The van der Waals surface area contributed by atoms with Gasteiger partial charge < -0.3 is 24.9 Å². The molecule has 2 atom stereocenters. The normalized spacial score (nSPS) is 18.8. The van der Waals surface area contributed by atoms with Crippen molar-refractivity contribution >= 4 is 28.9 Å². The molecule has 1 fully saturated rings.